The Hall–Kier alpha value is -2.54. The number of carbonyl (C=O) groups is 1. The van der Waals surface area contributed by atoms with Crippen molar-refractivity contribution in [2.75, 3.05) is 23.3 Å². The van der Waals surface area contributed by atoms with Crippen LogP contribution in [-0.2, 0) is 21.2 Å². The molecule has 0 spiro atoms. The number of nitrogens with zero attached hydrogens (tertiary/aromatic N) is 1. The van der Waals surface area contributed by atoms with E-state index in [0.29, 0.717) is 17.9 Å². The summed E-state index contributed by atoms with van der Waals surface area (Å²) in [5.41, 5.74) is 3.13. The fourth-order valence-corrected chi connectivity index (χ4v) is 4.44. The molecule has 0 saturated carbocycles. The lowest BCUT2D eigenvalue weighted by Gasteiger charge is -2.31. The standard InChI is InChI=1S/C18H20N2O4S/c1-13-5-8-16(9-6-13)25(22,23)20-11-3-4-14-12-15(7-10-17(14)20)19-18(21)24-2/h5-10,12H,3-4,11H2,1-2H3,(H,19,21). The fraction of sp³-hybridized carbons (Fsp3) is 0.278. The summed E-state index contributed by atoms with van der Waals surface area (Å²) in [7, 11) is -2.32. The van der Waals surface area contributed by atoms with Crippen LogP contribution in [-0.4, -0.2) is 28.2 Å². The van der Waals surface area contributed by atoms with Gasteiger partial charge in [-0.05, 0) is 55.7 Å². The smallest absolute Gasteiger partial charge is 0.411 e. The third-order valence-corrected chi connectivity index (χ3v) is 6.02. The van der Waals surface area contributed by atoms with Gasteiger partial charge in [-0.3, -0.25) is 9.62 Å². The molecule has 2 aromatic carbocycles. The third-order valence-electron chi connectivity index (χ3n) is 4.20. The molecule has 0 aliphatic carbocycles. The largest absolute Gasteiger partial charge is 0.453 e. The first-order valence-corrected chi connectivity index (χ1v) is 9.43. The molecule has 0 aromatic heterocycles. The van der Waals surface area contributed by atoms with Gasteiger partial charge in [0.25, 0.3) is 10.0 Å². The first-order valence-electron chi connectivity index (χ1n) is 7.99. The van der Waals surface area contributed by atoms with Gasteiger partial charge in [-0.25, -0.2) is 13.2 Å². The summed E-state index contributed by atoms with van der Waals surface area (Å²) in [5, 5.41) is 2.60. The van der Waals surface area contributed by atoms with Crippen LogP contribution in [0, 0.1) is 6.92 Å². The molecule has 1 heterocycles. The molecular weight excluding hydrogens is 340 g/mol. The summed E-state index contributed by atoms with van der Waals surface area (Å²) in [6.07, 6.45) is 0.922. The number of hydrogen-bond acceptors (Lipinski definition) is 4. The van der Waals surface area contributed by atoms with E-state index in [2.05, 4.69) is 10.1 Å². The second kappa shape index (κ2) is 6.76. The van der Waals surface area contributed by atoms with Crippen molar-refractivity contribution in [3.05, 3.63) is 53.6 Å². The zero-order valence-electron chi connectivity index (χ0n) is 14.2. The summed E-state index contributed by atoms with van der Waals surface area (Å²) in [6.45, 7) is 2.36. The van der Waals surface area contributed by atoms with Crippen molar-refractivity contribution in [3.63, 3.8) is 0 Å². The van der Waals surface area contributed by atoms with Gasteiger partial charge < -0.3 is 4.74 Å². The Morgan fingerprint density at radius 3 is 2.56 bits per heavy atom. The molecule has 7 heteroatoms. The number of sulfonamides is 1. The number of benzene rings is 2. The van der Waals surface area contributed by atoms with Crippen molar-refractivity contribution < 1.29 is 17.9 Å². The Bertz CT molecular complexity index is 892. The summed E-state index contributed by atoms with van der Waals surface area (Å²) in [6, 6.07) is 12.0. The molecule has 1 N–H and O–H groups in total. The molecular formula is C18H20N2O4S. The number of hydrogen-bond donors (Lipinski definition) is 1. The van der Waals surface area contributed by atoms with Crippen molar-refractivity contribution in [1.82, 2.24) is 0 Å². The third kappa shape index (κ3) is 3.46. The molecule has 0 fully saturated rings. The zero-order chi connectivity index (χ0) is 18.0. The number of methoxy groups -OCH3 is 1. The molecule has 6 nitrogen and oxygen atoms in total. The number of carbonyl (C=O) groups excluding carboxylic acids is 1. The topological polar surface area (TPSA) is 75.7 Å². The molecule has 0 saturated heterocycles. The highest BCUT2D eigenvalue weighted by molar-refractivity contribution is 7.92. The maximum absolute atomic E-state index is 13.0. The van der Waals surface area contributed by atoms with Crippen LogP contribution in [0.5, 0.6) is 0 Å². The van der Waals surface area contributed by atoms with E-state index < -0.39 is 16.1 Å². The van der Waals surface area contributed by atoms with E-state index in [1.807, 2.05) is 6.92 Å². The van der Waals surface area contributed by atoms with E-state index in [-0.39, 0.29) is 4.90 Å². The van der Waals surface area contributed by atoms with Gasteiger partial charge in [-0.1, -0.05) is 17.7 Å². The Kier molecular flexibility index (Phi) is 4.67. The van der Waals surface area contributed by atoms with Gasteiger partial charge in [-0.15, -0.1) is 0 Å². The number of amides is 1. The average molecular weight is 360 g/mol. The molecule has 1 aliphatic rings. The molecule has 0 bridgehead atoms. The Morgan fingerprint density at radius 1 is 1.16 bits per heavy atom. The average Bonchev–Trinajstić information content (AvgIpc) is 2.61. The first-order chi connectivity index (χ1) is 11.9. The fourth-order valence-electron chi connectivity index (χ4n) is 2.90. The van der Waals surface area contributed by atoms with Crippen molar-refractivity contribution in [2.45, 2.75) is 24.7 Å². The molecule has 132 valence electrons. The van der Waals surface area contributed by atoms with E-state index in [4.69, 9.17) is 0 Å². The number of rotatable bonds is 3. The number of anilines is 2. The second-order valence-corrected chi connectivity index (χ2v) is 7.82. The maximum Gasteiger partial charge on any atom is 0.411 e. The van der Waals surface area contributed by atoms with Gasteiger partial charge in [0.05, 0.1) is 17.7 Å². The highest BCUT2D eigenvalue weighted by Gasteiger charge is 2.29. The number of aryl methyl sites for hydroxylation is 2. The molecule has 3 rings (SSSR count). The van der Waals surface area contributed by atoms with Gasteiger partial charge in [-0.2, -0.15) is 0 Å². The van der Waals surface area contributed by atoms with Crippen LogP contribution in [0.1, 0.15) is 17.5 Å². The van der Waals surface area contributed by atoms with Crippen molar-refractivity contribution in [3.8, 4) is 0 Å². The minimum atomic E-state index is -3.61. The van der Waals surface area contributed by atoms with Crippen molar-refractivity contribution in [1.29, 1.82) is 0 Å². The second-order valence-electron chi connectivity index (χ2n) is 5.95. The maximum atomic E-state index is 13.0. The Morgan fingerprint density at radius 2 is 1.88 bits per heavy atom. The lowest BCUT2D eigenvalue weighted by Crippen LogP contribution is -2.35. The predicted molar refractivity (Wildman–Crippen MR) is 96.5 cm³/mol. The Balaban J connectivity index is 1.96. The highest BCUT2D eigenvalue weighted by atomic mass is 32.2. The Labute approximate surface area is 147 Å². The number of ether oxygens (including phenoxy) is 1. The molecule has 25 heavy (non-hydrogen) atoms. The summed E-state index contributed by atoms with van der Waals surface area (Å²) >= 11 is 0. The summed E-state index contributed by atoms with van der Waals surface area (Å²) in [4.78, 5) is 11.6. The van der Waals surface area contributed by atoms with Crippen LogP contribution in [0.2, 0.25) is 0 Å². The molecule has 1 amide bonds. The van der Waals surface area contributed by atoms with Crippen LogP contribution >= 0.6 is 0 Å². The summed E-state index contributed by atoms with van der Waals surface area (Å²) < 4.78 is 32.0. The van der Waals surface area contributed by atoms with Crippen LogP contribution in [0.25, 0.3) is 0 Å². The van der Waals surface area contributed by atoms with Crippen molar-refractivity contribution >= 4 is 27.5 Å². The summed E-state index contributed by atoms with van der Waals surface area (Å²) in [5.74, 6) is 0. The molecule has 0 atom stereocenters. The van der Waals surface area contributed by atoms with E-state index in [1.165, 1.54) is 11.4 Å². The van der Waals surface area contributed by atoms with Gasteiger partial charge in [0.2, 0.25) is 0 Å². The number of fused-ring (bicyclic) bond motifs is 1. The van der Waals surface area contributed by atoms with Gasteiger partial charge in [0.1, 0.15) is 0 Å². The van der Waals surface area contributed by atoms with Crippen molar-refractivity contribution in [2.24, 2.45) is 0 Å². The quantitative estimate of drug-likeness (QED) is 0.911. The SMILES string of the molecule is COC(=O)Nc1ccc2c(c1)CCCN2S(=O)(=O)c1ccc(C)cc1. The first kappa shape index (κ1) is 17.3. The minimum Gasteiger partial charge on any atom is -0.453 e. The molecule has 0 radical (unpaired) electrons. The lowest BCUT2D eigenvalue weighted by atomic mass is 10.0. The van der Waals surface area contributed by atoms with E-state index >= 15 is 0 Å². The van der Waals surface area contributed by atoms with E-state index in [0.717, 1.165) is 24.0 Å². The highest BCUT2D eigenvalue weighted by Crippen LogP contribution is 2.33. The van der Waals surface area contributed by atoms with Crippen LogP contribution in [0.15, 0.2) is 47.4 Å². The molecule has 0 unspecified atom stereocenters. The predicted octanol–water partition coefficient (Wildman–Crippen LogP) is 3.31. The van der Waals surface area contributed by atoms with Gasteiger partial charge >= 0.3 is 6.09 Å². The normalized spacial score (nSPS) is 13.9. The molecule has 2 aromatic rings. The van der Waals surface area contributed by atoms with Crippen LogP contribution < -0.4 is 9.62 Å². The van der Waals surface area contributed by atoms with Gasteiger partial charge in [0.15, 0.2) is 0 Å². The minimum absolute atomic E-state index is 0.280. The van der Waals surface area contributed by atoms with Crippen LogP contribution in [0.3, 0.4) is 0 Å². The zero-order valence-corrected chi connectivity index (χ0v) is 15.0. The lowest BCUT2D eigenvalue weighted by molar-refractivity contribution is 0.187. The monoisotopic (exact) mass is 360 g/mol. The van der Waals surface area contributed by atoms with Gasteiger partial charge in [0, 0.05) is 12.2 Å². The number of nitrogens with one attached hydrogen (secondary N) is 1. The van der Waals surface area contributed by atoms with Crippen LogP contribution in [0.4, 0.5) is 16.2 Å². The molecule has 1 aliphatic heterocycles. The van der Waals surface area contributed by atoms with E-state index in [9.17, 15) is 13.2 Å². The van der Waals surface area contributed by atoms with E-state index in [1.54, 1.807) is 42.5 Å².